The Morgan fingerprint density at radius 3 is 0.500 bits per heavy atom. The summed E-state index contributed by atoms with van der Waals surface area (Å²) in [5.74, 6) is 0. The Hall–Kier alpha value is 0.354. The second-order valence-electron chi connectivity index (χ2n) is 0. The Bertz CT molecular complexity index is 4.00. The Morgan fingerprint density at radius 2 is 0.500 bits per heavy atom. The first-order valence-electron chi connectivity index (χ1n) is 0. The van der Waals surface area contributed by atoms with Crippen molar-refractivity contribution < 1.29 is 11.0 Å². The van der Waals surface area contributed by atoms with E-state index in [-0.39, 0.29) is 32.9 Å². The fraction of sp³-hybridized carbons (Fsp3) is 0. The molecule has 4 N–H and O–H groups in total. The summed E-state index contributed by atoms with van der Waals surface area (Å²) in [6.07, 6.45) is 0. The van der Waals surface area contributed by atoms with Crippen LogP contribution in [0.15, 0.2) is 0 Å². The van der Waals surface area contributed by atoms with E-state index in [4.69, 9.17) is 0 Å². The van der Waals surface area contributed by atoms with Gasteiger partial charge in [0, 0.05) is 21.9 Å². The van der Waals surface area contributed by atoms with Crippen molar-refractivity contribution in [2.45, 2.75) is 0 Å². The first kappa shape index (κ1) is 391. The lowest BCUT2D eigenvalue weighted by Crippen LogP contribution is -0.382. The molecule has 0 fully saturated rings. The molecule has 0 rings (SSSR count). The van der Waals surface area contributed by atoms with E-state index in [9.17, 15) is 0 Å². The summed E-state index contributed by atoms with van der Waals surface area (Å²) in [5.41, 5.74) is 0. The topological polar surface area (TPSA) is 63.0 Å². The first-order chi connectivity index (χ1) is 0. The number of rotatable bonds is 0. The third-order valence-corrected chi connectivity index (χ3v) is 0. The molecule has 4 heavy (non-hydrogen) atoms. The molecular formula is H4O2Si2. The van der Waals surface area contributed by atoms with E-state index in [1.54, 1.807) is 0 Å². The molecule has 0 aromatic heterocycles. The van der Waals surface area contributed by atoms with Crippen LogP contribution in [-0.2, 0) is 0 Å². The Morgan fingerprint density at radius 1 is 0.500 bits per heavy atom. The fourth-order valence-corrected chi connectivity index (χ4v) is 0. The van der Waals surface area contributed by atoms with Crippen LogP contribution < -0.4 is 0 Å². The third-order valence-electron chi connectivity index (χ3n) is 0. The maximum absolute atomic E-state index is 0. The highest BCUT2D eigenvalue weighted by Gasteiger charge is 0.00101. The van der Waals surface area contributed by atoms with Gasteiger partial charge in [-0.25, -0.2) is 0 Å². The molecule has 0 bridgehead atoms. The van der Waals surface area contributed by atoms with E-state index in [1.165, 1.54) is 0 Å². The lowest BCUT2D eigenvalue weighted by Gasteiger charge is -0.413. The maximum atomic E-state index is 0. The molecular weight excluding hydrogens is 88.2 g/mol. The zero-order valence-electron chi connectivity index (χ0n) is 2.00. The number of hydrogen-bond acceptors (Lipinski definition) is 0. The van der Waals surface area contributed by atoms with Crippen molar-refractivity contribution in [1.82, 2.24) is 0 Å². The standard InChI is InChI=1S/2H2O.2Si/h2*1H2;;. The fourth-order valence-electron chi connectivity index (χ4n) is 0. The summed E-state index contributed by atoms with van der Waals surface area (Å²) in [6.45, 7) is 0. The molecule has 8 radical (unpaired) electrons. The van der Waals surface area contributed by atoms with Gasteiger partial charge in [-0.05, 0) is 0 Å². The van der Waals surface area contributed by atoms with Crippen LogP contribution in [0.3, 0.4) is 0 Å². The van der Waals surface area contributed by atoms with Crippen LogP contribution in [0.2, 0.25) is 0 Å². The molecule has 0 amide bonds. The van der Waals surface area contributed by atoms with Gasteiger partial charge in [-0.15, -0.1) is 0 Å². The third kappa shape index (κ3) is 34.5. The van der Waals surface area contributed by atoms with Gasteiger partial charge in [0.2, 0.25) is 0 Å². The average Bonchev–Trinajstić information content (AvgIpc) is 0. The Balaban J connectivity index is 0. The van der Waals surface area contributed by atoms with Crippen LogP contribution in [0.5, 0.6) is 0 Å². The highest BCUT2D eigenvalue weighted by molar-refractivity contribution is 5.76. The van der Waals surface area contributed by atoms with Gasteiger partial charge >= 0.3 is 0 Å². The first-order valence-corrected chi connectivity index (χ1v) is 0. The predicted octanol–water partition coefficient (Wildman–Crippen LogP) is -2.41. The van der Waals surface area contributed by atoms with E-state index < -0.39 is 0 Å². The zero-order valence-corrected chi connectivity index (χ0v) is 4.00. The molecule has 0 aromatic rings. The van der Waals surface area contributed by atoms with Gasteiger partial charge in [0.05, 0.1) is 0 Å². The SMILES string of the molecule is O.O.[Si].[Si]. The second kappa shape index (κ2) is 148. The minimum absolute atomic E-state index is 0. The molecule has 24 valence electrons. The minimum Gasteiger partial charge on any atom is -0.412 e. The Kier molecular flexibility index (Phi) is 14500. The average molecular weight is 92.2 g/mol. The van der Waals surface area contributed by atoms with Crippen molar-refractivity contribution in [3.05, 3.63) is 0 Å². The second-order valence-corrected chi connectivity index (χ2v) is 0. The van der Waals surface area contributed by atoms with Crippen molar-refractivity contribution in [3.63, 3.8) is 0 Å². The summed E-state index contributed by atoms with van der Waals surface area (Å²) >= 11 is 0. The van der Waals surface area contributed by atoms with Crippen LogP contribution in [-0.4, -0.2) is 32.9 Å². The summed E-state index contributed by atoms with van der Waals surface area (Å²) < 4.78 is 0. The van der Waals surface area contributed by atoms with Gasteiger partial charge in [-0.3, -0.25) is 0 Å². The smallest absolute Gasteiger partial charge is 0 e. The summed E-state index contributed by atoms with van der Waals surface area (Å²) in [6, 6.07) is 0. The molecule has 0 unspecified atom stereocenters. The minimum atomic E-state index is 0. The van der Waals surface area contributed by atoms with Crippen LogP contribution in [0.25, 0.3) is 0 Å². The monoisotopic (exact) mass is 92.0 g/mol. The highest BCUT2D eigenvalue weighted by Crippen LogP contribution is -0.288. The molecule has 0 aliphatic rings. The largest absolute Gasteiger partial charge is 0.412 e. The van der Waals surface area contributed by atoms with Gasteiger partial charge in [0.1, 0.15) is 0 Å². The van der Waals surface area contributed by atoms with Crippen molar-refractivity contribution in [1.29, 1.82) is 0 Å². The van der Waals surface area contributed by atoms with Crippen molar-refractivity contribution in [2.75, 3.05) is 0 Å². The zero-order chi connectivity index (χ0) is 0. The van der Waals surface area contributed by atoms with E-state index >= 15 is 0 Å². The van der Waals surface area contributed by atoms with Crippen molar-refractivity contribution in [2.24, 2.45) is 0 Å². The van der Waals surface area contributed by atoms with Gasteiger partial charge in [0.25, 0.3) is 0 Å². The molecule has 0 aromatic carbocycles. The molecule has 0 spiro atoms. The maximum Gasteiger partial charge on any atom is 0 e. The van der Waals surface area contributed by atoms with Gasteiger partial charge in [-0.2, -0.15) is 0 Å². The van der Waals surface area contributed by atoms with Crippen molar-refractivity contribution in [3.8, 4) is 0 Å². The molecule has 0 aliphatic carbocycles. The van der Waals surface area contributed by atoms with Crippen LogP contribution >= 0.6 is 0 Å². The van der Waals surface area contributed by atoms with Crippen LogP contribution in [0, 0.1) is 0 Å². The molecule has 0 aliphatic heterocycles. The van der Waals surface area contributed by atoms with E-state index in [0.717, 1.165) is 0 Å². The van der Waals surface area contributed by atoms with Crippen LogP contribution in [0.1, 0.15) is 0 Å². The molecule has 4 heteroatoms. The number of hydrogen-bond donors (Lipinski definition) is 0. The van der Waals surface area contributed by atoms with E-state index in [0.29, 0.717) is 0 Å². The molecule has 0 heterocycles. The van der Waals surface area contributed by atoms with E-state index in [1.807, 2.05) is 0 Å². The normalized spacial score (nSPS) is 0. The molecule has 0 saturated heterocycles. The molecule has 0 atom stereocenters. The predicted molar refractivity (Wildman–Crippen MR) is 18.7 cm³/mol. The quantitative estimate of drug-likeness (QED) is 0.299. The summed E-state index contributed by atoms with van der Waals surface area (Å²) in [4.78, 5) is 0. The van der Waals surface area contributed by atoms with Gasteiger partial charge < -0.3 is 11.0 Å². The lowest BCUT2D eigenvalue weighted by atomic mass is 16.0. The van der Waals surface area contributed by atoms with E-state index in [2.05, 4.69) is 0 Å². The molecule has 0 saturated carbocycles. The van der Waals surface area contributed by atoms with Gasteiger partial charge in [-0.1, -0.05) is 0 Å². The lowest BCUT2D eigenvalue weighted by molar-refractivity contribution is 0.823. The van der Waals surface area contributed by atoms with Gasteiger partial charge in [0.15, 0.2) is 0 Å². The highest BCUT2D eigenvalue weighted by atomic mass is 28.1. The summed E-state index contributed by atoms with van der Waals surface area (Å²) in [7, 11) is 0. The van der Waals surface area contributed by atoms with Crippen molar-refractivity contribution >= 4 is 21.9 Å². The molecule has 2 nitrogen and oxygen atoms in total. The summed E-state index contributed by atoms with van der Waals surface area (Å²) in [5, 5.41) is 0. The Labute approximate surface area is 33.9 Å². The van der Waals surface area contributed by atoms with Crippen LogP contribution in [0.4, 0.5) is 0 Å².